The Morgan fingerprint density at radius 2 is 1.77 bits per heavy atom. The van der Waals surface area contributed by atoms with Gasteiger partial charge < -0.3 is 14.9 Å². The number of hydrogen-bond acceptors (Lipinski definition) is 5. The van der Waals surface area contributed by atoms with Crippen LogP contribution in [0.2, 0.25) is 0 Å². The lowest BCUT2D eigenvalue weighted by molar-refractivity contribution is 0.0743. The fraction of sp³-hybridized carbons (Fsp3) is 0.450. The third-order valence-corrected chi connectivity index (χ3v) is 4.65. The molecule has 2 aromatic rings. The van der Waals surface area contributed by atoms with Crippen molar-refractivity contribution in [1.29, 1.82) is 0 Å². The highest BCUT2D eigenvalue weighted by atomic mass is 16.3. The van der Waals surface area contributed by atoms with Gasteiger partial charge in [0.2, 0.25) is 0 Å². The van der Waals surface area contributed by atoms with Crippen LogP contribution < -0.4 is 4.90 Å². The van der Waals surface area contributed by atoms with Crippen molar-refractivity contribution in [3.05, 3.63) is 46.9 Å². The molecule has 0 radical (unpaired) electrons. The minimum Gasteiger partial charge on any atom is -0.507 e. The molecule has 1 aliphatic rings. The number of hydrogen-bond donors (Lipinski definition) is 1. The van der Waals surface area contributed by atoms with Gasteiger partial charge in [-0.2, -0.15) is 0 Å². The van der Waals surface area contributed by atoms with Crippen molar-refractivity contribution in [3.63, 3.8) is 0 Å². The highest BCUT2D eigenvalue weighted by Gasteiger charge is 2.25. The molecule has 0 aliphatic carbocycles. The van der Waals surface area contributed by atoms with E-state index in [4.69, 9.17) is 0 Å². The predicted octanol–water partition coefficient (Wildman–Crippen LogP) is 2.88. The van der Waals surface area contributed by atoms with Gasteiger partial charge in [0.15, 0.2) is 0 Å². The van der Waals surface area contributed by atoms with E-state index >= 15 is 0 Å². The molecule has 3 rings (SSSR count). The Labute approximate surface area is 154 Å². The Kier molecular flexibility index (Phi) is 5.11. The minimum atomic E-state index is -0.121. The molecule has 6 nitrogen and oxygen atoms in total. The van der Waals surface area contributed by atoms with Crippen LogP contribution in [-0.4, -0.2) is 52.1 Å². The van der Waals surface area contributed by atoms with E-state index in [1.165, 1.54) is 0 Å². The number of phenols is 1. The molecule has 0 saturated carbocycles. The summed E-state index contributed by atoms with van der Waals surface area (Å²) in [6.07, 6.45) is 0. The third-order valence-electron chi connectivity index (χ3n) is 4.65. The van der Waals surface area contributed by atoms with Gasteiger partial charge >= 0.3 is 0 Å². The molecule has 26 heavy (non-hydrogen) atoms. The molecule has 1 N–H and O–H groups in total. The Morgan fingerprint density at radius 1 is 1.08 bits per heavy atom. The van der Waals surface area contributed by atoms with Gasteiger partial charge in [-0.15, -0.1) is 0 Å². The molecular formula is C20H26N4O2. The van der Waals surface area contributed by atoms with E-state index in [2.05, 4.69) is 28.7 Å². The lowest BCUT2D eigenvalue weighted by Gasteiger charge is -2.35. The number of rotatable bonds is 3. The average Bonchev–Trinajstić information content (AvgIpc) is 2.61. The van der Waals surface area contributed by atoms with Gasteiger partial charge in [-0.1, -0.05) is 19.9 Å². The Balaban J connectivity index is 1.70. The van der Waals surface area contributed by atoms with E-state index in [1.54, 1.807) is 17.0 Å². The van der Waals surface area contributed by atoms with Gasteiger partial charge in [0.25, 0.3) is 5.91 Å². The first-order valence-electron chi connectivity index (χ1n) is 9.04. The fourth-order valence-corrected chi connectivity index (χ4v) is 3.13. The number of carbonyl (C=O) groups excluding carboxylic acids is 1. The van der Waals surface area contributed by atoms with Crippen molar-refractivity contribution in [2.45, 2.75) is 33.6 Å². The molecule has 1 aromatic carbocycles. The average molecular weight is 354 g/mol. The summed E-state index contributed by atoms with van der Waals surface area (Å²) in [4.78, 5) is 25.9. The van der Waals surface area contributed by atoms with E-state index in [1.807, 2.05) is 26.0 Å². The number of anilines is 1. The molecule has 0 unspecified atom stereocenters. The maximum Gasteiger partial charge on any atom is 0.257 e. The predicted molar refractivity (Wildman–Crippen MR) is 102 cm³/mol. The second kappa shape index (κ2) is 7.32. The van der Waals surface area contributed by atoms with Gasteiger partial charge in [0.05, 0.1) is 5.56 Å². The number of nitrogens with zero attached hydrogens (tertiary/aromatic N) is 4. The number of piperazine rings is 1. The molecule has 1 aromatic heterocycles. The van der Waals surface area contributed by atoms with E-state index in [-0.39, 0.29) is 17.6 Å². The van der Waals surface area contributed by atoms with Gasteiger partial charge in [-0.05, 0) is 31.5 Å². The lowest BCUT2D eigenvalue weighted by Crippen LogP contribution is -2.49. The smallest absolute Gasteiger partial charge is 0.257 e. The van der Waals surface area contributed by atoms with Crippen molar-refractivity contribution in [1.82, 2.24) is 14.9 Å². The van der Waals surface area contributed by atoms with Gasteiger partial charge in [0.1, 0.15) is 17.4 Å². The maximum atomic E-state index is 12.7. The molecule has 6 heteroatoms. The van der Waals surface area contributed by atoms with Crippen LogP contribution in [0.4, 0.5) is 5.82 Å². The highest BCUT2D eigenvalue weighted by Crippen LogP contribution is 2.23. The van der Waals surface area contributed by atoms with Crippen molar-refractivity contribution in [3.8, 4) is 5.75 Å². The second-order valence-electron chi connectivity index (χ2n) is 7.18. The molecular weight excluding hydrogens is 328 g/mol. The number of aryl methyl sites for hydroxylation is 2. The molecule has 0 spiro atoms. The normalized spacial score (nSPS) is 14.8. The second-order valence-corrected chi connectivity index (χ2v) is 7.18. The Morgan fingerprint density at radius 3 is 2.38 bits per heavy atom. The number of aromatic hydroxyl groups is 1. The van der Waals surface area contributed by atoms with Crippen LogP contribution >= 0.6 is 0 Å². The summed E-state index contributed by atoms with van der Waals surface area (Å²) in [6, 6.07) is 7.16. The third kappa shape index (κ3) is 3.79. The van der Waals surface area contributed by atoms with Crippen molar-refractivity contribution in [2.75, 3.05) is 31.1 Å². The molecule has 1 saturated heterocycles. The summed E-state index contributed by atoms with van der Waals surface area (Å²) in [5, 5.41) is 10.1. The van der Waals surface area contributed by atoms with E-state index in [0.29, 0.717) is 31.7 Å². The fourth-order valence-electron chi connectivity index (χ4n) is 3.13. The van der Waals surface area contributed by atoms with Crippen LogP contribution in [0.25, 0.3) is 0 Å². The number of aromatic nitrogens is 2. The number of carbonyl (C=O) groups is 1. The van der Waals surface area contributed by atoms with Gasteiger partial charge in [-0.25, -0.2) is 9.97 Å². The van der Waals surface area contributed by atoms with Gasteiger partial charge in [-0.3, -0.25) is 4.79 Å². The standard InChI is InChI=1S/C20H26N4O2/c1-13(2)19-21-15(4)12-18(22-19)23-7-9-24(10-8-23)20(26)16-6-5-14(3)11-17(16)25/h5-6,11-13,25H,7-10H2,1-4H3. The number of benzene rings is 1. The Hall–Kier alpha value is -2.63. The summed E-state index contributed by atoms with van der Waals surface area (Å²) < 4.78 is 0. The van der Waals surface area contributed by atoms with Crippen LogP contribution in [0.3, 0.4) is 0 Å². The molecule has 1 fully saturated rings. The molecule has 0 atom stereocenters. The van der Waals surface area contributed by atoms with Crippen molar-refractivity contribution < 1.29 is 9.90 Å². The topological polar surface area (TPSA) is 69.6 Å². The quantitative estimate of drug-likeness (QED) is 0.918. The van der Waals surface area contributed by atoms with Crippen LogP contribution in [0.5, 0.6) is 5.75 Å². The Bertz CT molecular complexity index is 811. The minimum absolute atomic E-state index is 0.0467. The van der Waals surface area contributed by atoms with Crippen LogP contribution in [0, 0.1) is 13.8 Å². The van der Waals surface area contributed by atoms with E-state index in [9.17, 15) is 9.90 Å². The monoisotopic (exact) mass is 354 g/mol. The largest absolute Gasteiger partial charge is 0.507 e. The molecule has 138 valence electrons. The van der Waals surface area contributed by atoms with Crippen LogP contribution in [0.1, 0.15) is 47.2 Å². The zero-order valence-electron chi connectivity index (χ0n) is 15.9. The van der Waals surface area contributed by atoms with Crippen LogP contribution in [-0.2, 0) is 0 Å². The zero-order chi connectivity index (χ0) is 18.8. The summed E-state index contributed by atoms with van der Waals surface area (Å²) in [5.41, 5.74) is 2.26. The zero-order valence-corrected chi connectivity index (χ0v) is 15.9. The SMILES string of the molecule is Cc1ccc(C(=O)N2CCN(c3cc(C)nc(C(C)C)n3)CC2)c(O)c1. The van der Waals surface area contributed by atoms with Crippen molar-refractivity contribution in [2.24, 2.45) is 0 Å². The lowest BCUT2D eigenvalue weighted by atomic mass is 10.1. The number of phenolic OH excluding ortho intramolecular Hbond substituents is 1. The molecule has 1 amide bonds. The molecule has 1 aliphatic heterocycles. The van der Waals surface area contributed by atoms with Crippen molar-refractivity contribution >= 4 is 11.7 Å². The molecule has 2 heterocycles. The first-order chi connectivity index (χ1) is 12.3. The highest BCUT2D eigenvalue weighted by molar-refractivity contribution is 5.97. The first kappa shape index (κ1) is 18.2. The van der Waals surface area contributed by atoms with E-state index in [0.717, 1.165) is 22.9 Å². The summed E-state index contributed by atoms with van der Waals surface area (Å²) in [7, 11) is 0. The maximum absolute atomic E-state index is 12.7. The summed E-state index contributed by atoms with van der Waals surface area (Å²) >= 11 is 0. The summed E-state index contributed by atoms with van der Waals surface area (Å²) in [5.74, 6) is 1.98. The molecule has 0 bridgehead atoms. The van der Waals surface area contributed by atoms with E-state index < -0.39 is 0 Å². The van der Waals surface area contributed by atoms with Gasteiger partial charge in [0, 0.05) is 43.9 Å². The van der Waals surface area contributed by atoms with Crippen LogP contribution in [0.15, 0.2) is 24.3 Å². The summed E-state index contributed by atoms with van der Waals surface area (Å²) in [6.45, 7) is 10.7. The number of amides is 1. The first-order valence-corrected chi connectivity index (χ1v) is 9.04.